The van der Waals surface area contributed by atoms with Gasteiger partial charge in [-0.3, -0.25) is 4.79 Å². The first-order valence-corrected chi connectivity index (χ1v) is 7.50. The first-order valence-electron chi connectivity index (χ1n) is 5.42. The van der Waals surface area contributed by atoms with Gasteiger partial charge in [-0.2, -0.15) is 11.8 Å². The molecule has 6 heteroatoms. The molecule has 1 aromatic carbocycles. The number of phenolic OH excluding ortho intramolecular Hbond substituents is 1. The van der Waals surface area contributed by atoms with Crippen LogP contribution in [0.3, 0.4) is 0 Å². The lowest BCUT2D eigenvalue weighted by Crippen LogP contribution is -2.41. The Morgan fingerprint density at radius 3 is 2.72 bits per heavy atom. The molecular weight excluding hydrogens is 318 g/mol. The molecule has 1 rings (SSSR count). The zero-order chi connectivity index (χ0) is 13.7. The summed E-state index contributed by atoms with van der Waals surface area (Å²) < 4.78 is 0.710. The molecule has 100 valence electrons. The van der Waals surface area contributed by atoms with Crippen molar-refractivity contribution in [2.75, 3.05) is 12.9 Å². The van der Waals surface area contributed by atoms with Crippen molar-refractivity contribution in [1.82, 2.24) is 5.32 Å². The predicted molar refractivity (Wildman–Crippen MR) is 77.1 cm³/mol. The minimum atomic E-state index is -0.347. The zero-order valence-corrected chi connectivity index (χ0v) is 12.6. The maximum absolute atomic E-state index is 11.9. The zero-order valence-electron chi connectivity index (χ0n) is 10.2. The average molecular weight is 334 g/mol. The molecule has 0 aliphatic heterocycles. The van der Waals surface area contributed by atoms with Gasteiger partial charge < -0.3 is 15.5 Å². The van der Waals surface area contributed by atoms with Gasteiger partial charge in [0, 0.05) is 15.8 Å². The van der Waals surface area contributed by atoms with Gasteiger partial charge >= 0.3 is 0 Å². The molecule has 0 aliphatic rings. The second kappa shape index (κ2) is 7.01. The summed E-state index contributed by atoms with van der Waals surface area (Å²) in [5, 5.41) is 21.5. The van der Waals surface area contributed by atoms with Gasteiger partial charge in [-0.05, 0) is 31.4 Å². The van der Waals surface area contributed by atoms with E-state index in [4.69, 9.17) is 5.11 Å². The molecule has 0 spiro atoms. The van der Waals surface area contributed by atoms with Crippen LogP contribution in [0.25, 0.3) is 0 Å². The Morgan fingerprint density at radius 1 is 1.56 bits per heavy atom. The number of phenols is 1. The molecule has 3 N–H and O–H groups in total. The Bertz CT molecular complexity index is 424. The third kappa shape index (κ3) is 3.90. The normalized spacial score (nSPS) is 14.0. The van der Waals surface area contributed by atoms with Gasteiger partial charge in [0.25, 0.3) is 5.91 Å². The van der Waals surface area contributed by atoms with Crippen molar-refractivity contribution in [3.05, 3.63) is 28.2 Å². The molecule has 0 bridgehead atoms. The van der Waals surface area contributed by atoms with Gasteiger partial charge in [-0.1, -0.05) is 15.9 Å². The van der Waals surface area contributed by atoms with E-state index in [2.05, 4.69) is 21.2 Å². The van der Waals surface area contributed by atoms with Crippen molar-refractivity contribution >= 4 is 33.6 Å². The molecule has 0 radical (unpaired) electrons. The molecule has 0 saturated carbocycles. The SMILES string of the molecule is CSC(CO)C(C)NC(=O)c1ccc(Br)cc1O. The molecule has 2 atom stereocenters. The lowest BCUT2D eigenvalue weighted by Gasteiger charge is -2.21. The topological polar surface area (TPSA) is 69.6 Å². The standard InChI is InChI=1S/C12H16BrNO3S/c1-7(11(6-15)18-2)14-12(17)9-4-3-8(13)5-10(9)16/h3-5,7,11,15-16H,6H2,1-2H3,(H,14,17). The van der Waals surface area contributed by atoms with Crippen LogP contribution in [0.15, 0.2) is 22.7 Å². The highest BCUT2D eigenvalue weighted by atomic mass is 79.9. The molecule has 0 aliphatic carbocycles. The lowest BCUT2D eigenvalue weighted by molar-refractivity contribution is 0.0933. The number of carbonyl (C=O) groups is 1. The Balaban J connectivity index is 2.76. The van der Waals surface area contributed by atoms with Gasteiger partial charge in [0.1, 0.15) is 5.75 Å². The van der Waals surface area contributed by atoms with Crippen LogP contribution >= 0.6 is 27.7 Å². The van der Waals surface area contributed by atoms with Gasteiger partial charge in [0.15, 0.2) is 0 Å². The fourth-order valence-corrected chi connectivity index (χ4v) is 2.49. The molecule has 0 aromatic heterocycles. The highest BCUT2D eigenvalue weighted by Gasteiger charge is 2.19. The van der Waals surface area contributed by atoms with E-state index >= 15 is 0 Å². The lowest BCUT2D eigenvalue weighted by atomic mass is 10.1. The smallest absolute Gasteiger partial charge is 0.255 e. The summed E-state index contributed by atoms with van der Waals surface area (Å²) in [4.78, 5) is 11.9. The van der Waals surface area contributed by atoms with Crippen molar-refractivity contribution in [3.8, 4) is 5.75 Å². The number of nitrogens with one attached hydrogen (secondary N) is 1. The van der Waals surface area contributed by atoms with E-state index in [-0.39, 0.29) is 35.1 Å². The number of thioether (sulfide) groups is 1. The maximum Gasteiger partial charge on any atom is 0.255 e. The summed E-state index contributed by atoms with van der Waals surface area (Å²) >= 11 is 4.70. The summed E-state index contributed by atoms with van der Waals surface area (Å²) in [6.45, 7) is 1.82. The first-order chi connectivity index (χ1) is 8.49. The van der Waals surface area contributed by atoms with E-state index in [0.29, 0.717) is 4.47 Å². The Hall–Kier alpha value is -0.720. The summed E-state index contributed by atoms with van der Waals surface area (Å²) in [6.07, 6.45) is 1.88. The third-order valence-corrected chi connectivity index (χ3v) is 4.26. The summed E-state index contributed by atoms with van der Waals surface area (Å²) in [6, 6.07) is 4.53. The Kier molecular flexibility index (Phi) is 5.98. The van der Waals surface area contributed by atoms with E-state index in [0.717, 1.165) is 0 Å². The fourth-order valence-electron chi connectivity index (χ4n) is 1.51. The van der Waals surface area contributed by atoms with E-state index in [1.54, 1.807) is 12.1 Å². The quantitative estimate of drug-likeness (QED) is 0.770. The second-order valence-electron chi connectivity index (χ2n) is 3.88. The molecule has 18 heavy (non-hydrogen) atoms. The summed E-state index contributed by atoms with van der Waals surface area (Å²) in [5.74, 6) is -0.418. The molecule has 4 nitrogen and oxygen atoms in total. The first kappa shape index (κ1) is 15.3. The minimum Gasteiger partial charge on any atom is -0.507 e. The molecular formula is C12H16BrNO3S. The molecule has 2 unspecified atom stereocenters. The predicted octanol–water partition coefficient (Wildman–Crippen LogP) is 2.00. The number of amides is 1. The third-order valence-electron chi connectivity index (χ3n) is 2.60. The van der Waals surface area contributed by atoms with Gasteiger partial charge in [-0.25, -0.2) is 0 Å². The van der Waals surface area contributed by atoms with Crippen LogP contribution in [0.2, 0.25) is 0 Å². The number of hydrogen-bond donors (Lipinski definition) is 3. The number of benzene rings is 1. The van der Waals surface area contributed by atoms with E-state index < -0.39 is 0 Å². The molecule has 0 heterocycles. The minimum absolute atomic E-state index is 0.00503. The van der Waals surface area contributed by atoms with E-state index in [9.17, 15) is 9.90 Å². The molecule has 1 aromatic rings. The van der Waals surface area contributed by atoms with Crippen molar-refractivity contribution in [3.63, 3.8) is 0 Å². The van der Waals surface area contributed by atoms with Gasteiger partial charge in [0.05, 0.1) is 12.2 Å². The van der Waals surface area contributed by atoms with Crippen molar-refractivity contribution in [2.24, 2.45) is 0 Å². The number of carbonyl (C=O) groups excluding carboxylic acids is 1. The van der Waals surface area contributed by atoms with Crippen molar-refractivity contribution in [2.45, 2.75) is 18.2 Å². The number of aliphatic hydroxyl groups excluding tert-OH is 1. The molecule has 1 amide bonds. The van der Waals surface area contributed by atoms with Crippen LogP contribution in [0.1, 0.15) is 17.3 Å². The van der Waals surface area contributed by atoms with Crippen LogP contribution < -0.4 is 5.32 Å². The largest absolute Gasteiger partial charge is 0.507 e. The Morgan fingerprint density at radius 2 is 2.22 bits per heavy atom. The highest BCUT2D eigenvalue weighted by Crippen LogP contribution is 2.22. The van der Waals surface area contributed by atoms with Gasteiger partial charge in [0.2, 0.25) is 0 Å². The van der Waals surface area contributed by atoms with E-state index in [1.807, 2.05) is 13.2 Å². The highest BCUT2D eigenvalue weighted by molar-refractivity contribution is 9.10. The maximum atomic E-state index is 11.9. The van der Waals surface area contributed by atoms with Gasteiger partial charge in [-0.15, -0.1) is 0 Å². The fraction of sp³-hybridized carbons (Fsp3) is 0.417. The van der Waals surface area contributed by atoms with Crippen LogP contribution in [0.5, 0.6) is 5.75 Å². The van der Waals surface area contributed by atoms with E-state index in [1.165, 1.54) is 17.8 Å². The van der Waals surface area contributed by atoms with Crippen molar-refractivity contribution < 1.29 is 15.0 Å². The monoisotopic (exact) mass is 333 g/mol. The molecule has 0 fully saturated rings. The number of halogens is 1. The Labute approximate surface area is 119 Å². The summed E-state index contributed by atoms with van der Waals surface area (Å²) in [7, 11) is 0. The molecule has 0 saturated heterocycles. The number of rotatable bonds is 5. The van der Waals surface area contributed by atoms with Crippen molar-refractivity contribution in [1.29, 1.82) is 0 Å². The number of aromatic hydroxyl groups is 1. The number of aliphatic hydroxyl groups is 1. The van der Waals surface area contributed by atoms with Crippen LogP contribution in [0, 0.1) is 0 Å². The second-order valence-corrected chi connectivity index (χ2v) is 5.87. The van der Waals surface area contributed by atoms with Crippen LogP contribution in [0.4, 0.5) is 0 Å². The number of hydrogen-bond acceptors (Lipinski definition) is 4. The van der Waals surface area contributed by atoms with Crippen LogP contribution in [-0.2, 0) is 0 Å². The summed E-state index contributed by atoms with van der Waals surface area (Å²) in [5.41, 5.74) is 0.225. The van der Waals surface area contributed by atoms with Crippen LogP contribution in [-0.4, -0.2) is 40.3 Å². The average Bonchev–Trinajstić information content (AvgIpc) is 2.30.